The molecule has 1 N–H and O–H groups in total. The number of aliphatic hydroxyl groups excluding tert-OH is 1. The second kappa shape index (κ2) is 4.70. The Hall–Kier alpha value is -0.120. The number of pyridine rings is 1. The lowest BCUT2D eigenvalue weighted by molar-refractivity contribution is 0.193. The van der Waals surface area contributed by atoms with Crippen molar-refractivity contribution in [2.24, 2.45) is 0 Å². The molecule has 0 aliphatic carbocycles. The number of halogens is 2. The van der Waals surface area contributed by atoms with E-state index >= 15 is 0 Å². The van der Waals surface area contributed by atoms with Gasteiger partial charge in [-0.1, -0.05) is 0 Å². The van der Waals surface area contributed by atoms with Gasteiger partial charge in [0, 0.05) is 10.7 Å². The minimum Gasteiger partial charge on any atom is -0.387 e. The van der Waals surface area contributed by atoms with Gasteiger partial charge in [-0.15, -0.1) is 12.4 Å². The van der Waals surface area contributed by atoms with Crippen LogP contribution in [0.3, 0.4) is 0 Å². The van der Waals surface area contributed by atoms with Gasteiger partial charge in [-0.3, -0.25) is 4.98 Å². The monoisotopic (exact) mass is 237 g/mol. The summed E-state index contributed by atoms with van der Waals surface area (Å²) >= 11 is 3.27. The molecular formula is C7H9BrClNO. The van der Waals surface area contributed by atoms with Crippen molar-refractivity contribution in [3.63, 3.8) is 0 Å². The summed E-state index contributed by atoms with van der Waals surface area (Å²) in [6.45, 7) is 1.69. The summed E-state index contributed by atoms with van der Waals surface area (Å²) in [5.74, 6) is 0. The average Bonchev–Trinajstić information content (AvgIpc) is 1.88. The maximum absolute atomic E-state index is 9.11. The first-order chi connectivity index (χ1) is 4.72. The zero-order chi connectivity index (χ0) is 7.56. The molecule has 1 unspecified atom stereocenters. The minimum absolute atomic E-state index is 0. The quantitative estimate of drug-likeness (QED) is 0.814. The Kier molecular flexibility index (Phi) is 4.65. The van der Waals surface area contributed by atoms with E-state index in [4.69, 9.17) is 5.11 Å². The molecule has 1 aromatic heterocycles. The van der Waals surface area contributed by atoms with Gasteiger partial charge in [0.1, 0.15) is 0 Å². The Morgan fingerprint density at radius 2 is 2.27 bits per heavy atom. The molecule has 2 nitrogen and oxygen atoms in total. The summed E-state index contributed by atoms with van der Waals surface area (Å²) in [4.78, 5) is 3.98. The van der Waals surface area contributed by atoms with Crippen molar-refractivity contribution in [2.45, 2.75) is 13.0 Å². The van der Waals surface area contributed by atoms with E-state index in [1.165, 1.54) is 0 Å². The second-order valence-corrected chi connectivity index (χ2v) is 2.90. The van der Waals surface area contributed by atoms with Crippen LogP contribution in [0.1, 0.15) is 18.7 Å². The fourth-order valence-corrected chi connectivity index (χ4v) is 1.29. The van der Waals surface area contributed by atoms with Crippen molar-refractivity contribution >= 4 is 28.3 Å². The summed E-state index contributed by atoms with van der Waals surface area (Å²) in [7, 11) is 0. The van der Waals surface area contributed by atoms with Gasteiger partial charge in [0.2, 0.25) is 0 Å². The van der Waals surface area contributed by atoms with Crippen LogP contribution >= 0.6 is 28.3 Å². The molecule has 0 amide bonds. The van der Waals surface area contributed by atoms with Gasteiger partial charge in [0.15, 0.2) is 0 Å². The minimum atomic E-state index is -0.504. The molecular weight excluding hydrogens is 229 g/mol. The first-order valence-corrected chi connectivity index (χ1v) is 3.79. The molecule has 62 valence electrons. The van der Waals surface area contributed by atoms with Gasteiger partial charge in [0.05, 0.1) is 11.8 Å². The molecule has 1 heterocycles. The molecule has 0 radical (unpaired) electrons. The van der Waals surface area contributed by atoms with Crippen molar-refractivity contribution in [1.29, 1.82) is 0 Å². The highest BCUT2D eigenvalue weighted by Crippen LogP contribution is 2.19. The van der Waals surface area contributed by atoms with E-state index in [2.05, 4.69) is 20.9 Å². The van der Waals surface area contributed by atoms with Gasteiger partial charge in [-0.05, 0) is 35.0 Å². The zero-order valence-corrected chi connectivity index (χ0v) is 8.39. The normalized spacial score (nSPS) is 11.9. The number of hydrogen-bond donors (Lipinski definition) is 1. The van der Waals surface area contributed by atoms with Crippen molar-refractivity contribution in [2.75, 3.05) is 0 Å². The molecule has 0 spiro atoms. The van der Waals surface area contributed by atoms with Crippen molar-refractivity contribution < 1.29 is 5.11 Å². The summed E-state index contributed by atoms with van der Waals surface area (Å²) in [6.07, 6.45) is 1.16. The van der Waals surface area contributed by atoms with Gasteiger partial charge in [0.25, 0.3) is 0 Å². The van der Waals surface area contributed by atoms with Crippen LogP contribution in [0, 0.1) is 0 Å². The van der Waals surface area contributed by atoms with Crippen LogP contribution in [0.4, 0.5) is 0 Å². The van der Waals surface area contributed by atoms with E-state index in [1.807, 2.05) is 12.1 Å². The lowest BCUT2D eigenvalue weighted by atomic mass is 10.2. The van der Waals surface area contributed by atoms with Crippen molar-refractivity contribution in [3.05, 3.63) is 28.5 Å². The molecule has 0 aromatic carbocycles. The smallest absolute Gasteiger partial charge is 0.0943 e. The fraction of sp³-hybridized carbons (Fsp3) is 0.286. The number of nitrogens with zero attached hydrogens (tertiary/aromatic N) is 1. The average molecular weight is 239 g/mol. The molecule has 0 aliphatic rings. The molecule has 0 aliphatic heterocycles. The Morgan fingerprint density at radius 1 is 1.64 bits per heavy atom. The molecule has 1 aromatic rings. The summed E-state index contributed by atoms with van der Waals surface area (Å²) in [5.41, 5.74) is 0.683. The Bertz CT molecular complexity index is 229. The lowest BCUT2D eigenvalue weighted by Crippen LogP contribution is -1.95. The lowest BCUT2D eigenvalue weighted by Gasteiger charge is -2.03. The van der Waals surface area contributed by atoms with Gasteiger partial charge >= 0.3 is 0 Å². The summed E-state index contributed by atoms with van der Waals surface area (Å²) in [5, 5.41) is 9.11. The predicted molar refractivity (Wildman–Crippen MR) is 49.8 cm³/mol. The van der Waals surface area contributed by atoms with E-state index in [-0.39, 0.29) is 12.4 Å². The molecule has 0 saturated heterocycles. The van der Waals surface area contributed by atoms with Gasteiger partial charge < -0.3 is 5.11 Å². The molecule has 0 fully saturated rings. The first kappa shape index (κ1) is 10.9. The Balaban J connectivity index is 0.000001000. The van der Waals surface area contributed by atoms with Crippen LogP contribution < -0.4 is 0 Å². The maximum atomic E-state index is 9.11. The van der Waals surface area contributed by atoms with E-state index in [0.717, 1.165) is 4.47 Å². The van der Waals surface area contributed by atoms with Gasteiger partial charge in [-0.2, -0.15) is 0 Å². The van der Waals surface area contributed by atoms with Crippen molar-refractivity contribution in [1.82, 2.24) is 4.98 Å². The molecule has 0 saturated carbocycles. The molecule has 11 heavy (non-hydrogen) atoms. The number of aliphatic hydroxyl groups is 1. The maximum Gasteiger partial charge on any atom is 0.0943 e. The molecule has 4 heteroatoms. The van der Waals surface area contributed by atoms with Crippen LogP contribution in [0.2, 0.25) is 0 Å². The third-order valence-electron chi connectivity index (χ3n) is 1.18. The number of aromatic nitrogens is 1. The molecule has 1 rings (SSSR count). The highest BCUT2D eigenvalue weighted by atomic mass is 79.9. The van der Waals surface area contributed by atoms with Crippen LogP contribution in [-0.2, 0) is 0 Å². The Morgan fingerprint density at radius 3 is 2.64 bits per heavy atom. The van der Waals surface area contributed by atoms with E-state index < -0.39 is 6.10 Å². The van der Waals surface area contributed by atoms with E-state index in [1.54, 1.807) is 13.1 Å². The number of rotatable bonds is 1. The fourth-order valence-electron chi connectivity index (χ4n) is 0.705. The van der Waals surface area contributed by atoms with Crippen LogP contribution in [0.25, 0.3) is 0 Å². The third-order valence-corrected chi connectivity index (χ3v) is 1.85. The van der Waals surface area contributed by atoms with Crippen LogP contribution in [-0.4, -0.2) is 10.1 Å². The third kappa shape index (κ3) is 2.77. The van der Waals surface area contributed by atoms with Crippen LogP contribution in [0.15, 0.2) is 22.8 Å². The van der Waals surface area contributed by atoms with Gasteiger partial charge in [-0.25, -0.2) is 0 Å². The van der Waals surface area contributed by atoms with E-state index in [0.29, 0.717) is 5.69 Å². The largest absolute Gasteiger partial charge is 0.387 e. The van der Waals surface area contributed by atoms with E-state index in [9.17, 15) is 0 Å². The zero-order valence-electron chi connectivity index (χ0n) is 5.99. The second-order valence-electron chi connectivity index (χ2n) is 2.05. The van der Waals surface area contributed by atoms with Crippen molar-refractivity contribution in [3.8, 4) is 0 Å². The predicted octanol–water partition coefficient (Wildman–Crippen LogP) is 2.32. The molecule has 0 bridgehead atoms. The highest BCUT2D eigenvalue weighted by Gasteiger charge is 2.04. The van der Waals surface area contributed by atoms with Crippen LogP contribution in [0.5, 0.6) is 0 Å². The SMILES string of the molecule is CC(O)c1ncccc1Br.Cl. The Labute approximate surface area is 80.2 Å². The summed E-state index contributed by atoms with van der Waals surface area (Å²) in [6, 6.07) is 3.67. The first-order valence-electron chi connectivity index (χ1n) is 3.00. The standard InChI is InChI=1S/C7H8BrNO.ClH/c1-5(10)7-6(8)3-2-4-9-7;/h2-5,10H,1H3;1H. The number of hydrogen-bond acceptors (Lipinski definition) is 2. The highest BCUT2D eigenvalue weighted by molar-refractivity contribution is 9.10. The topological polar surface area (TPSA) is 33.1 Å². The molecule has 1 atom stereocenters. The summed E-state index contributed by atoms with van der Waals surface area (Å²) < 4.78 is 0.852.